The number of anilines is 1. The molecule has 0 saturated carbocycles. The van der Waals surface area contributed by atoms with E-state index in [9.17, 15) is 9.59 Å². The third kappa shape index (κ3) is 2.59. The Kier molecular flexibility index (Phi) is 3.85. The highest BCUT2D eigenvalue weighted by Gasteiger charge is 2.40. The number of aromatic amines is 1. The van der Waals surface area contributed by atoms with Crippen LogP contribution in [0, 0.1) is 0 Å². The van der Waals surface area contributed by atoms with Gasteiger partial charge >= 0.3 is 0 Å². The van der Waals surface area contributed by atoms with E-state index in [1.54, 1.807) is 43.5 Å². The molecule has 1 aliphatic rings. The van der Waals surface area contributed by atoms with Crippen molar-refractivity contribution in [2.75, 3.05) is 12.0 Å². The van der Waals surface area contributed by atoms with Gasteiger partial charge in [0, 0.05) is 16.8 Å². The van der Waals surface area contributed by atoms with E-state index in [0.717, 1.165) is 10.5 Å². The maximum absolute atomic E-state index is 13.3. The van der Waals surface area contributed by atoms with E-state index < -0.39 is 11.8 Å². The number of methoxy groups -OCH3 is 1. The van der Waals surface area contributed by atoms with Crippen LogP contribution in [0.3, 0.4) is 0 Å². The zero-order valence-electron chi connectivity index (χ0n) is 15.1. The average molecular weight is 405 g/mol. The maximum Gasteiger partial charge on any atom is 0.267 e. The number of H-pyrrole nitrogens is 1. The number of rotatable bonds is 3. The lowest BCUT2D eigenvalue weighted by Crippen LogP contribution is -2.29. The molecule has 3 heterocycles. The Labute approximate surface area is 169 Å². The Hall–Kier alpha value is -3.71. The highest BCUT2D eigenvalue weighted by molar-refractivity contribution is 6.38. The first kappa shape index (κ1) is 17.4. The first-order valence-corrected chi connectivity index (χ1v) is 9.12. The number of pyridine rings is 1. The molecule has 0 atom stereocenters. The van der Waals surface area contributed by atoms with Crippen LogP contribution >= 0.6 is 11.6 Å². The van der Waals surface area contributed by atoms with Crippen molar-refractivity contribution >= 4 is 40.1 Å². The van der Waals surface area contributed by atoms with E-state index in [1.807, 2.05) is 12.1 Å². The van der Waals surface area contributed by atoms with Gasteiger partial charge in [-0.1, -0.05) is 23.7 Å². The second kappa shape index (κ2) is 6.42. The molecule has 2 amide bonds. The number of fused-ring (bicyclic) bond motifs is 3. The minimum Gasteiger partial charge on any atom is -0.497 e. The summed E-state index contributed by atoms with van der Waals surface area (Å²) in [5.74, 6) is -0.207. The molecule has 2 aromatic heterocycles. The molecule has 29 heavy (non-hydrogen) atoms. The Balaban J connectivity index is 1.68. The Morgan fingerprint density at radius 3 is 2.41 bits per heavy atom. The van der Waals surface area contributed by atoms with Crippen molar-refractivity contribution in [1.29, 1.82) is 0 Å². The summed E-state index contributed by atoms with van der Waals surface area (Å²) in [4.78, 5) is 31.7. The number of carbonyl (C=O) groups excluding carboxylic acids is 2. The van der Waals surface area contributed by atoms with Crippen molar-refractivity contribution in [2.45, 2.75) is 0 Å². The van der Waals surface area contributed by atoms with E-state index in [1.165, 1.54) is 6.20 Å². The van der Waals surface area contributed by atoms with Gasteiger partial charge in [-0.15, -0.1) is 0 Å². The van der Waals surface area contributed by atoms with Gasteiger partial charge in [-0.3, -0.25) is 14.7 Å². The van der Waals surface area contributed by atoms with Crippen LogP contribution in [0.25, 0.3) is 22.3 Å². The SMILES string of the molecule is COc1ccc(N2C(=O)c3cnc4n[nH]c(-c5ccc(Cl)cc5)c4c3C2=O)cc1. The summed E-state index contributed by atoms with van der Waals surface area (Å²) in [6, 6.07) is 13.9. The van der Waals surface area contributed by atoms with Crippen LogP contribution in [-0.2, 0) is 0 Å². The van der Waals surface area contributed by atoms with E-state index in [-0.39, 0.29) is 11.1 Å². The maximum atomic E-state index is 13.3. The van der Waals surface area contributed by atoms with E-state index in [0.29, 0.717) is 33.2 Å². The average Bonchev–Trinajstić information content (AvgIpc) is 3.28. The standard InChI is InChI=1S/C21H13ClN4O3/c1-29-14-8-6-13(7-9-14)26-20(27)15-10-23-19-17(16(15)21(26)28)18(24-25-19)11-2-4-12(22)5-3-11/h2-10H,1H3,(H,23,24,25). The van der Waals surface area contributed by atoms with Crippen molar-refractivity contribution in [3.05, 3.63) is 70.9 Å². The quantitative estimate of drug-likeness (QED) is 0.519. The van der Waals surface area contributed by atoms with Gasteiger partial charge in [-0.2, -0.15) is 5.10 Å². The molecule has 0 aliphatic carbocycles. The topological polar surface area (TPSA) is 88.2 Å². The number of carbonyl (C=O) groups is 2. The lowest BCUT2D eigenvalue weighted by Gasteiger charge is -2.14. The zero-order chi connectivity index (χ0) is 20.1. The molecule has 1 N–H and O–H groups in total. The highest BCUT2D eigenvalue weighted by atomic mass is 35.5. The van der Waals surface area contributed by atoms with Crippen LogP contribution < -0.4 is 9.64 Å². The molecule has 8 heteroatoms. The summed E-state index contributed by atoms with van der Waals surface area (Å²) >= 11 is 5.98. The van der Waals surface area contributed by atoms with Crippen LogP contribution in [0.1, 0.15) is 20.7 Å². The number of amides is 2. The fourth-order valence-electron chi connectivity index (χ4n) is 3.49. The number of hydrogen-bond acceptors (Lipinski definition) is 5. The third-order valence-electron chi connectivity index (χ3n) is 4.90. The summed E-state index contributed by atoms with van der Waals surface area (Å²) in [7, 11) is 1.55. The monoisotopic (exact) mass is 404 g/mol. The number of nitrogens with one attached hydrogen (secondary N) is 1. The summed E-state index contributed by atoms with van der Waals surface area (Å²) in [5.41, 5.74) is 2.76. The van der Waals surface area contributed by atoms with Crippen LogP contribution in [0.15, 0.2) is 54.7 Å². The summed E-state index contributed by atoms with van der Waals surface area (Å²) in [6.07, 6.45) is 1.40. The van der Waals surface area contributed by atoms with E-state index >= 15 is 0 Å². The molecule has 0 unspecified atom stereocenters. The second-order valence-electron chi connectivity index (χ2n) is 6.49. The molecule has 7 nitrogen and oxygen atoms in total. The zero-order valence-corrected chi connectivity index (χ0v) is 15.9. The number of hydrogen-bond donors (Lipinski definition) is 1. The van der Waals surface area contributed by atoms with Crippen molar-refractivity contribution < 1.29 is 14.3 Å². The summed E-state index contributed by atoms with van der Waals surface area (Å²) < 4.78 is 5.15. The van der Waals surface area contributed by atoms with Gasteiger partial charge in [-0.05, 0) is 36.4 Å². The van der Waals surface area contributed by atoms with Gasteiger partial charge in [0.15, 0.2) is 5.65 Å². The van der Waals surface area contributed by atoms with Gasteiger partial charge in [-0.25, -0.2) is 9.88 Å². The predicted octanol–water partition coefficient (Wildman–Crippen LogP) is 4.09. The number of aromatic nitrogens is 3. The molecular formula is C21H13ClN4O3. The molecule has 0 bridgehead atoms. The smallest absolute Gasteiger partial charge is 0.267 e. The normalized spacial score (nSPS) is 13.2. The summed E-state index contributed by atoms with van der Waals surface area (Å²) in [5, 5.41) is 8.25. The molecule has 0 fully saturated rings. The number of ether oxygens (including phenoxy) is 1. The first-order valence-electron chi connectivity index (χ1n) is 8.74. The molecule has 1 aliphatic heterocycles. The Bertz CT molecular complexity index is 1280. The Morgan fingerprint density at radius 2 is 1.72 bits per heavy atom. The van der Waals surface area contributed by atoms with Crippen molar-refractivity contribution in [3.63, 3.8) is 0 Å². The van der Waals surface area contributed by atoms with Crippen LogP contribution in [0.5, 0.6) is 5.75 Å². The van der Waals surface area contributed by atoms with Crippen molar-refractivity contribution in [3.8, 4) is 17.0 Å². The van der Waals surface area contributed by atoms with Crippen LogP contribution in [0.4, 0.5) is 5.69 Å². The number of benzene rings is 2. The lowest BCUT2D eigenvalue weighted by atomic mass is 10.0. The molecule has 4 aromatic rings. The minimum absolute atomic E-state index is 0.245. The molecule has 2 aromatic carbocycles. The third-order valence-corrected chi connectivity index (χ3v) is 5.15. The van der Waals surface area contributed by atoms with Gasteiger partial charge in [0.2, 0.25) is 0 Å². The van der Waals surface area contributed by atoms with Gasteiger partial charge in [0.1, 0.15) is 5.75 Å². The van der Waals surface area contributed by atoms with Crippen LogP contribution in [-0.4, -0.2) is 34.1 Å². The molecule has 0 spiro atoms. The predicted molar refractivity (Wildman–Crippen MR) is 108 cm³/mol. The van der Waals surface area contributed by atoms with Gasteiger partial charge < -0.3 is 4.74 Å². The number of halogens is 1. The Morgan fingerprint density at radius 1 is 1.00 bits per heavy atom. The fourth-order valence-corrected chi connectivity index (χ4v) is 3.61. The largest absolute Gasteiger partial charge is 0.497 e. The molecule has 142 valence electrons. The second-order valence-corrected chi connectivity index (χ2v) is 6.93. The first-order chi connectivity index (χ1) is 14.1. The van der Waals surface area contributed by atoms with Crippen molar-refractivity contribution in [2.24, 2.45) is 0 Å². The van der Waals surface area contributed by atoms with Gasteiger partial charge in [0.25, 0.3) is 11.8 Å². The number of imide groups is 1. The van der Waals surface area contributed by atoms with Gasteiger partial charge in [0.05, 0.1) is 35.0 Å². The minimum atomic E-state index is -0.423. The lowest BCUT2D eigenvalue weighted by molar-refractivity contribution is 0.0926. The molecule has 0 radical (unpaired) electrons. The molecule has 0 saturated heterocycles. The van der Waals surface area contributed by atoms with E-state index in [2.05, 4.69) is 15.2 Å². The summed E-state index contributed by atoms with van der Waals surface area (Å²) in [6.45, 7) is 0. The van der Waals surface area contributed by atoms with Crippen molar-refractivity contribution in [1.82, 2.24) is 15.2 Å². The number of nitrogens with zero attached hydrogens (tertiary/aromatic N) is 3. The molecular weight excluding hydrogens is 392 g/mol. The van der Waals surface area contributed by atoms with Crippen LogP contribution in [0.2, 0.25) is 5.02 Å². The molecule has 5 rings (SSSR count). The highest BCUT2D eigenvalue weighted by Crippen LogP contribution is 2.36. The van der Waals surface area contributed by atoms with E-state index in [4.69, 9.17) is 16.3 Å². The fraction of sp³-hybridized carbons (Fsp3) is 0.0476.